The van der Waals surface area contributed by atoms with Gasteiger partial charge in [0.2, 0.25) is 5.58 Å². The minimum atomic E-state index is -0.690. The summed E-state index contributed by atoms with van der Waals surface area (Å²) in [4.78, 5) is 32.1. The summed E-state index contributed by atoms with van der Waals surface area (Å²) in [6.45, 7) is -0.0588. The SMILES string of the molecule is COc1ccc(-c2noc(=O)n2Cc2nc3c(oc4ccccc43)c(=O)[nH]2)cc1OC. The molecule has 10 heteroatoms. The molecule has 5 aromatic rings. The van der Waals surface area contributed by atoms with Crippen molar-refractivity contribution in [1.82, 2.24) is 19.7 Å². The quantitative estimate of drug-likeness (QED) is 0.460. The second-order valence-electron chi connectivity index (χ2n) is 6.72. The van der Waals surface area contributed by atoms with Crippen LogP contribution < -0.4 is 20.8 Å². The van der Waals surface area contributed by atoms with Gasteiger partial charge < -0.3 is 18.9 Å². The van der Waals surface area contributed by atoms with Crippen LogP contribution in [-0.2, 0) is 6.54 Å². The molecule has 0 atom stereocenters. The molecule has 0 amide bonds. The fourth-order valence-electron chi connectivity index (χ4n) is 3.46. The van der Waals surface area contributed by atoms with Gasteiger partial charge in [-0.15, -0.1) is 0 Å². The van der Waals surface area contributed by atoms with Crippen LogP contribution in [0, 0.1) is 0 Å². The summed E-state index contributed by atoms with van der Waals surface area (Å²) in [7, 11) is 3.04. The van der Waals surface area contributed by atoms with E-state index in [9.17, 15) is 9.59 Å². The van der Waals surface area contributed by atoms with E-state index in [2.05, 4.69) is 15.1 Å². The van der Waals surface area contributed by atoms with Gasteiger partial charge in [-0.05, 0) is 30.3 Å². The molecule has 2 aromatic carbocycles. The Morgan fingerprint density at radius 1 is 1.06 bits per heavy atom. The summed E-state index contributed by atoms with van der Waals surface area (Å²) in [5, 5.41) is 4.59. The summed E-state index contributed by atoms with van der Waals surface area (Å²) in [5.74, 6) is 0.832. The Kier molecular flexibility index (Phi) is 4.32. The second-order valence-corrected chi connectivity index (χ2v) is 6.72. The zero-order valence-electron chi connectivity index (χ0n) is 16.5. The lowest BCUT2D eigenvalue weighted by atomic mass is 10.2. The number of nitrogens with one attached hydrogen (secondary N) is 1. The number of rotatable bonds is 5. The first kappa shape index (κ1) is 18.7. The number of furan rings is 1. The average molecular weight is 420 g/mol. The van der Waals surface area contributed by atoms with Crippen molar-refractivity contribution in [3.05, 3.63) is 69.2 Å². The van der Waals surface area contributed by atoms with Crippen LogP contribution in [-0.4, -0.2) is 33.9 Å². The summed E-state index contributed by atoms with van der Waals surface area (Å²) >= 11 is 0. The normalized spacial score (nSPS) is 11.3. The van der Waals surface area contributed by atoms with Gasteiger partial charge in [-0.1, -0.05) is 17.3 Å². The standard InChI is InChI=1S/C21H16N4O6/c1-28-14-8-7-11(9-15(14)29-2)19-24-31-21(27)25(19)10-16-22-17-12-5-3-4-6-13(12)30-18(17)20(26)23-16/h3-9H,10H2,1-2H3,(H,22,23,26). The highest BCUT2D eigenvalue weighted by molar-refractivity contribution is 6.01. The molecule has 0 aliphatic rings. The van der Waals surface area contributed by atoms with Crippen LogP contribution in [0.2, 0.25) is 0 Å². The lowest BCUT2D eigenvalue weighted by Crippen LogP contribution is -2.20. The van der Waals surface area contributed by atoms with Crippen LogP contribution in [0.15, 0.2) is 61.0 Å². The van der Waals surface area contributed by atoms with Crippen molar-refractivity contribution in [3.8, 4) is 22.9 Å². The smallest absolute Gasteiger partial charge is 0.442 e. The maximum absolute atomic E-state index is 12.5. The first-order valence-electron chi connectivity index (χ1n) is 9.28. The first-order valence-corrected chi connectivity index (χ1v) is 9.28. The predicted octanol–water partition coefficient (Wildman–Crippen LogP) is 2.55. The lowest BCUT2D eigenvalue weighted by Gasteiger charge is -2.09. The number of nitrogens with zero attached hydrogens (tertiary/aromatic N) is 3. The number of ether oxygens (including phenoxy) is 2. The van der Waals surface area contributed by atoms with Gasteiger partial charge in [0.25, 0.3) is 5.56 Å². The van der Waals surface area contributed by atoms with Crippen LogP contribution in [0.3, 0.4) is 0 Å². The van der Waals surface area contributed by atoms with Crippen LogP contribution in [0.25, 0.3) is 33.5 Å². The van der Waals surface area contributed by atoms with Crippen LogP contribution in [0.1, 0.15) is 5.82 Å². The monoisotopic (exact) mass is 420 g/mol. The number of hydrogen-bond donors (Lipinski definition) is 1. The number of H-pyrrole nitrogens is 1. The molecule has 0 saturated carbocycles. The van der Waals surface area contributed by atoms with Gasteiger partial charge in [-0.3, -0.25) is 9.32 Å². The molecule has 0 aliphatic carbocycles. The number of aromatic nitrogens is 4. The summed E-state index contributed by atoms with van der Waals surface area (Å²) < 4.78 is 22.3. The fraction of sp³-hybridized carbons (Fsp3) is 0.143. The number of hydrogen-bond acceptors (Lipinski definition) is 8. The van der Waals surface area contributed by atoms with E-state index in [1.165, 1.54) is 18.8 Å². The fourth-order valence-corrected chi connectivity index (χ4v) is 3.46. The van der Waals surface area contributed by atoms with Gasteiger partial charge in [-0.25, -0.2) is 14.3 Å². The molecule has 3 heterocycles. The molecule has 0 unspecified atom stereocenters. The van der Waals surface area contributed by atoms with Gasteiger partial charge in [-0.2, -0.15) is 0 Å². The zero-order chi connectivity index (χ0) is 21.5. The number of aromatic amines is 1. The van der Waals surface area contributed by atoms with Crippen molar-refractivity contribution in [2.24, 2.45) is 0 Å². The van der Waals surface area contributed by atoms with Gasteiger partial charge in [0.05, 0.1) is 20.8 Å². The van der Waals surface area contributed by atoms with Crippen molar-refractivity contribution in [3.63, 3.8) is 0 Å². The molecule has 0 saturated heterocycles. The minimum absolute atomic E-state index is 0.0588. The molecule has 10 nitrogen and oxygen atoms in total. The van der Waals surface area contributed by atoms with Crippen LogP contribution in [0.4, 0.5) is 0 Å². The second kappa shape index (κ2) is 7.17. The molecule has 5 rings (SSSR count). The predicted molar refractivity (Wildman–Crippen MR) is 111 cm³/mol. The Bertz CT molecular complexity index is 1540. The van der Waals surface area contributed by atoms with E-state index < -0.39 is 11.3 Å². The summed E-state index contributed by atoms with van der Waals surface area (Å²) in [6, 6.07) is 12.3. The largest absolute Gasteiger partial charge is 0.493 e. The van der Waals surface area contributed by atoms with E-state index in [-0.39, 0.29) is 23.8 Å². The van der Waals surface area contributed by atoms with E-state index in [0.29, 0.717) is 33.5 Å². The van der Waals surface area contributed by atoms with Crippen molar-refractivity contribution in [1.29, 1.82) is 0 Å². The maximum Gasteiger partial charge on any atom is 0.442 e. The van der Waals surface area contributed by atoms with E-state index in [4.69, 9.17) is 18.4 Å². The Balaban J connectivity index is 1.61. The highest BCUT2D eigenvalue weighted by atomic mass is 16.5. The summed E-state index contributed by atoms with van der Waals surface area (Å²) in [6.07, 6.45) is 0. The third-order valence-electron chi connectivity index (χ3n) is 4.92. The lowest BCUT2D eigenvalue weighted by molar-refractivity contribution is 0.355. The van der Waals surface area contributed by atoms with Gasteiger partial charge in [0.1, 0.15) is 16.9 Å². The van der Waals surface area contributed by atoms with E-state index in [1.807, 2.05) is 18.2 Å². The number of para-hydroxylation sites is 1. The van der Waals surface area contributed by atoms with Gasteiger partial charge in [0, 0.05) is 10.9 Å². The molecule has 0 bridgehead atoms. The third kappa shape index (κ3) is 3.05. The zero-order valence-corrected chi connectivity index (χ0v) is 16.5. The Morgan fingerprint density at radius 2 is 1.87 bits per heavy atom. The number of fused-ring (bicyclic) bond motifs is 3. The Hall–Kier alpha value is -4.34. The molecule has 0 radical (unpaired) electrons. The molecule has 1 N–H and O–H groups in total. The average Bonchev–Trinajstić information content (AvgIpc) is 3.34. The molecule has 0 spiro atoms. The summed E-state index contributed by atoms with van der Waals surface area (Å²) in [5.41, 5.74) is 1.24. The van der Waals surface area contributed by atoms with Crippen LogP contribution >= 0.6 is 0 Å². The maximum atomic E-state index is 12.5. The molecule has 0 fully saturated rings. The van der Waals surface area contributed by atoms with E-state index in [1.54, 1.807) is 24.3 Å². The molecule has 156 valence electrons. The highest BCUT2D eigenvalue weighted by Crippen LogP contribution is 2.31. The van der Waals surface area contributed by atoms with Gasteiger partial charge in [0.15, 0.2) is 17.3 Å². The highest BCUT2D eigenvalue weighted by Gasteiger charge is 2.18. The first-order chi connectivity index (χ1) is 15.1. The Labute approximate surface area is 173 Å². The number of benzene rings is 2. The van der Waals surface area contributed by atoms with Gasteiger partial charge >= 0.3 is 5.76 Å². The van der Waals surface area contributed by atoms with Crippen molar-refractivity contribution in [2.75, 3.05) is 14.2 Å². The third-order valence-corrected chi connectivity index (χ3v) is 4.92. The molecule has 0 aliphatic heterocycles. The molecular formula is C21H16N4O6. The van der Waals surface area contributed by atoms with E-state index in [0.717, 1.165) is 0 Å². The van der Waals surface area contributed by atoms with E-state index >= 15 is 0 Å². The Morgan fingerprint density at radius 3 is 2.68 bits per heavy atom. The topological polar surface area (TPSA) is 125 Å². The molecule has 3 aromatic heterocycles. The van der Waals surface area contributed by atoms with Crippen molar-refractivity contribution < 1.29 is 18.4 Å². The molecular weight excluding hydrogens is 404 g/mol. The van der Waals surface area contributed by atoms with Crippen molar-refractivity contribution in [2.45, 2.75) is 6.54 Å². The minimum Gasteiger partial charge on any atom is -0.493 e. The van der Waals surface area contributed by atoms with Crippen molar-refractivity contribution >= 4 is 22.1 Å². The molecule has 31 heavy (non-hydrogen) atoms. The number of methoxy groups -OCH3 is 2. The van der Waals surface area contributed by atoms with Crippen LogP contribution in [0.5, 0.6) is 11.5 Å².